The maximum atomic E-state index is 5.94. The Morgan fingerprint density at radius 2 is 2.00 bits per heavy atom. The van der Waals surface area contributed by atoms with Crippen LogP contribution in [-0.2, 0) is 6.54 Å². The van der Waals surface area contributed by atoms with Gasteiger partial charge < -0.3 is 10.1 Å². The largest absolute Gasteiger partial charge is 0.492 e. The zero-order valence-electron chi connectivity index (χ0n) is 13.2. The zero-order valence-corrected chi connectivity index (χ0v) is 14.0. The van der Waals surface area contributed by atoms with E-state index < -0.39 is 0 Å². The molecule has 114 valence electrons. The Hall–Kier alpha value is -1.32. The van der Waals surface area contributed by atoms with E-state index in [1.165, 1.54) is 15.3 Å². The number of hydrogen-bond donors (Lipinski definition) is 1. The molecule has 1 aromatic carbocycles. The van der Waals surface area contributed by atoms with Crippen LogP contribution in [0.5, 0.6) is 5.75 Å². The number of nitrogens with one attached hydrogen (secondary N) is 1. The van der Waals surface area contributed by atoms with Crippen molar-refractivity contribution < 1.29 is 4.74 Å². The van der Waals surface area contributed by atoms with E-state index in [-0.39, 0.29) is 0 Å². The highest BCUT2D eigenvalue weighted by Crippen LogP contribution is 2.28. The van der Waals surface area contributed by atoms with Gasteiger partial charge in [0.15, 0.2) is 0 Å². The Bertz CT molecular complexity index is 550. The molecule has 1 N–H and O–H groups in total. The van der Waals surface area contributed by atoms with Crippen molar-refractivity contribution >= 4 is 11.3 Å². The number of rotatable bonds is 8. The lowest BCUT2D eigenvalue weighted by Crippen LogP contribution is -2.20. The molecule has 1 unspecified atom stereocenters. The lowest BCUT2D eigenvalue weighted by molar-refractivity contribution is 0.309. The van der Waals surface area contributed by atoms with Crippen LogP contribution in [0.2, 0.25) is 0 Å². The van der Waals surface area contributed by atoms with Crippen LogP contribution in [-0.4, -0.2) is 13.2 Å². The third-order valence-corrected chi connectivity index (χ3v) is 4.69. The third kappa shape index (κ3) is 4.87. The van der Waals surface area contributed by atoms with Crippen LogP contribution in [0.3, 0.4) is 0 Å². The first-order valence-corrected chi connectivity index (χ1v) is 8.50. The Kier molecular flexibility index (Phi) is 6.27. The smallest absolute Gasteiger partial charge is 0.122 e. The molecule has 21 heavy (non-hydrogen) atoms. The molecule has 0 aliphatic rings. The van der Waals surface area contributed by atoms with Gasteiger partial charge in [-0.15, -0.1) is 11.3 Å². The van der Waals surface area contributed by atoms with Gasteiger partial charge in [-0.1, -0.05) is 32.0 Å². The van der Waals surface area contributed by atoms with Crippen molar-refractivity contribution in [2.75, 3.05) is 13.2 Å². The van der Waals surface area contributed by atoms with Crippen LogP contribution < -0.4 is 10.1 Å². The molecular formula is C18H25NOS. The SMILES string of the molecule is CCC(C)c1ccccc1OCCNCc1ccc(C)s1. The molecule has 0 aliphatic heterocycles. The van der Waals surface area contributed by atoms with Gasteiger partial charge >= 0.3 is 0 Å². The van der Waals surface area contributed by atoms with Gasteiger partial charge in [-0.2, -0.15) is 0 Å². The molecule has 0 radical (unpaired) electrons. The van der Waals surface area contributed by atoms with Gasteiger partial charge in [0, 0.05) is 22.8 Å². The van der Waals surface area contributed by atoms with Gasteiger partial charge in [-0.25, -0.2) is 0 Å². The lowest BCUT2D eigenvalue weighted by atomic mass is 9.98. The monoisotopic (exact) mass is 303 g/mol. The number of hydrogen-bond acceptors (Lipinski definition) is 3. The van der Waals surface area contributed by atoms with Gasteiger partial charge in [-0.05, 0) is 43.0 Å². The van der Waals surface area contributed by atoms with E-state index in [2.05, 4.69) is 56.4 Å². The van der Waals surface area contributed by atoms with Crippen LogP contribution in [0.25, 0.3) is 0 Å². The molecule has 0 saturated carbocycles. The molecule has 3 heteroatoms. The average Bonchev–Trinajstić information content (AvgIpc) is 2.92. The minimum Gasteiger partial charge on any atom is -0.492 e. The Labute approximate surface area is 132 Å². The van der Waals surface area contributed by atoms with Crippen molar-refractivity contribution in [3.63, 3.8) is 0 Å². The fourth-order valence-electron chi connectivity index (χ4n) is 2.26. The standard InChI is InChI=1S/C18H25NOS/c1-4-14(2)17-7-5-6-8-18(17)20-12-11-19-13-16-10-9-15(3)21-16/h5-10,14,19H,4,11-13H2,1-3H3. The highest BCUT2D eigenvalue weighted by atomic mass is 32.1. The minimum atomic E-state index is 0.545. The van der Waals surface area contributed by atoms with Crippen molar-refractivity contribution in [3.05, 3.63) is 51.7 Å². The maximum Gasteiger partial charge on any atom is 0.122 e. The van der Waals surface area contributed by atoms with Crippen LogP contribution in [0, 0.1) is 6.92 Å². The summed E-state index contributed by atoms with van der Waals surface area (Å²) in [7, 11) is 0. The second-order valence-electron chi connectivity index (χ2n) is 5.38. The molecule has 0 spiro atoms. The van der Waals surface area contributed by atoms with Crippen molar-refractivity contribution in [2.45, 2.75) is 39.7 Å². The summed E-state index contributed by atoms with van der Waals surface area (Å²) in [6.07, 6.45) is 1.14. The molecule has 1 heterocycles. The summed E-state index contributed by atoms with van der Waals surface area (Å²) in [6.45, 7) is 9.10. The summed E-state index contributed by atoms with van der Waals surface area (Å²) in [6, 6.07) is 12.7. The molecule has 2 nitrogen and oxygen atoms in total. The van der Waals surface area contributed by atoms with E-state index in [1.54, 1.807) is 0 Å². The molecular weight excluding hydrogens is 278 g/mol. The van der Waals surface area contributed by atoms with Gasteiger partial charge in [0.05, 0.1) is 0 Å². The minimum absolute atomic E-state index is 0.545. The van der Waals surface area contributed by atoms with Crippen molar-refractivity contribution in [1.29, 1.82) is 0 Å². The Morgan fingerprint density at radius 3 is 2.71 bits per heavy atom. The van der Waals surface area contributed by atoms with Crippen molar-refractivity contribution in [3.8, 4) is 5.75 Å². The van der Waals surface area contributed by atoms with E-state index >= 15 is 0 Å². The molecule has 2 rings (SSSR count). The van der Waals surface area contributed by atoms with Crippen LogP contribution in [0.1, 0.15) is 41.5 Å². The molecule has 0 fully saturated rings. The second kappa shape index (κ2) is 8.20. The molecule has 0 aliphatic carbocycles. The van der Waals surface area contributed by atoms with Gasteiger partial charge in [0.25, 0.3) is 0 Å². The van der Waals surface area contributed by atoms with E-state index in [1.807, 2.05) is 17.4 Å². The molecule has 2 aromatic rings. The van der Waals surface area contributed by atoms with E-state index in [0.29, 0.717) is 12.5 Å². The molecule has 1 aromatic heterocycles. The summed E-state index contributed by atoms with van der Waals surface area (Å²) in [4.78, 5) is 2.75. The number of aryl methyl sites for hydroxylation is 1. The topological polar surface area (TPSA) is 21.3 Å². The van der Waals surface area contributed by atoms with Gasteiger partial charge in [-0.3, -0.25) is 0 Å². The first kappa shape index (κ1) is 16.1. The quantitative estimate of drug-likeness (QED) is 0.711. The summed E-state index contributed by atoms with van der Waals surface area (Å²) >= 11 is 1.85. The normalized spacial score (nSPS) is 12.3. The first-order valence-electron chi connectivity index (χ1n) is 7.68. The lowest BCUT2D eigenvalue weighted by Gasteiger charge is -2.15. The molecule has 0 amide bonds. The molecule has 0 bridgehead atoms. The molecule has 0 saturated heterocycles. The Morgan fingerprint density at radius 1 is 1.19 bits per heavy atom. The Balaban J connectivity index is 1.76. The van der Waals surface area contributed by atoms with Crippen molar-refractivity contribution in [2.24, 2.45) is 0 Å². The summed E-state index contributed by atoms with van der Waals surface area (Å²) in [5.41, 5.74) is 1.31. The summed E-state index contributed by atoms with van der Waals surface area (Å²) < 4.78 is 5.94. The summed E-state index contributed by atoms with van der Waals surface area (Å²) in [5, 5.41) is 3.43. The first-order chi connectivity index (χ1) is 10.2. The van der Waals surface area contributed by atoms with Crippen LogP contribution >= 0.6 is 11.3 Å². The number of thiophene rings is 1. The summed E-state index contributed by atoms with van der Waals surface area (Å²) in [5.74, 6) is 1.57. The number of ether oxygens (including phenoxy) is 1. The number of para-hydroxylation sites is 1. The van der Waals surface area contributed by atoms with Crippen molar-refractivity contribution in [1.82, 2.24) is 5.32 Å². The van der Waals surface area contributed by atoms with Crippen LogP contribution in [0.4, 0.5) is 0 Å². The maximum absolute atomic E-state index is 5.94. The van der Waals surface area contributed by atoms with E-state index in [0.717, 1.165) is 25.3 Å². The average molecular weight is 303 g/mol. The number of benzene rings is 1. The fourth-order valence-corrected chi connectivity index (χ4v) is 3.12. The predicted molar refractivity (Wildman–Crippen MR) is 91.4 cm³/mol. The second-order valence-corrected chi connectivity index (χ2v) is 6.76. The van der Waals surface area contributed by atoms with Crippen LogP contribution in [0.15, 0.2) is 36.4 Å². The van der Waals surface area contributed by atoms with E-state index in [4.69, 9.17) is 4.74 Å². The zero-order chi connectivity index (χ0) is 15.1. The highest BCUT2D eigenvalue weighted by Gasteiger charge is 2.09. The third-order valence-electron chi connectivity index (χ3n) is 3.69. The molecule has 1 atom stereocenters. The van der Waals surface area contributed by atoms with Gasteiger partial charge in [0.1, 0.15) is 12.4 Å². The highest BCUT2D eigenvalue weighted by molar-refractivity contribution is 7.11. The fraction of sp³-hybridized carbons (Fsp3) is 0.444. The predicted octanol–water partition coefficient (Wildman–Crippen LogP) is 4.74. The van der Waals surface area contributed by atoms with E-state index in [9.17, 15) is 0 Å². The van der Waals surface area contributed by atoms with Gasteiger partial charge in [0.2, 0.25) is 0 Å².